The van der Waals surface area contributed by atoms with Gasteiger partial charge in [-0.15, -0.1) is 0 Å². The summed E-state index contributed by atoms with van der Waals surface area (Å²) in [6.07, 6.45) is 12.3. The maximum absolute atomic E-state index is 12.9. The van der Waals surface area contributed by atoms with Crippen molar-refractivity contribution in [3.05, 3.63) is 39.4 Å². The van der Waals surface area contributed by atoms with Crippen LogP contribution in [0, 0.1) is 34.3 Å². The van der Waals surface area contributed by atoms with Crippen molar-refractivity contribution in [3.63, 3.8) is 0 Å². The van der Waals surface area contributed by atoms with Crippen LogP contribution in [-0.2, 0) is 16.9 Å². The second-order valence-electron chi connectivity index (χ2n) is 10.3. The lowest BCUT2D eigenvalue weighted by atomic mass is 9.46. The van der Waals surface area contributed by atoms with Crippen molar-refractivity contribution < 1.29 is 9.72 Å². The number of rotatable bonds is 8. The standard InChI is InChI=1S/C22H29ClN6O3/c1-15-19(23)13-27(26-15)4-2-3-24-20(30)10-21-6-16-5-17(7-21)9-22(8-16,14-21)28-12-18(11-25-28)29(31)32/h11-13,16-17H,2-10,14H2,1H3,(H,24,30). The highest BCUT2D eigenvalue weighted by Crippen LogP contribution is 2.65. The zero-order chi connectivity index (χ0) is 22.5. The predicted octanol–water partition coefficient (Wildman–Crippen LogP) is 3.84. The minimum absolute atomic E-state index is 0.0263. The molecule has 2 aromatic rings. The number of aromatic nitrogens is 4. The van der Waals surface area contributed by atoms with E-state index in [0.717, 1.165) is 44.2 Å². The van der Waals surface area contributed by atoms with E-state index >= 15 is 0 Å². The number of carbonyl (C=O) groups excluding carboxylic acids is 1. The molecule has 0 spiro atoms. The molecule has 4 saturated carbocycles. The maximum atomic E-state index is 12.9. The molecule has 32 heavy (non-hydrogen) atoms. The van der Waals surface area contributed by atoms with Gasteiger partial charge in [0.1, 0.15) is 12.4 Å². The molecule has 6 rings (SSSR count). The van der Waals surface area contributed by atoms with E-state index in [1.165, 1.54) is 12.6 Å². The highest BCUT2D eigenvalue weighted by atomic mass is 35.5. The number of nitrogens with one attached hydrogen (secondary N) is 1. The van der Waals surface area contributed by atoms with Crippen molar-refractivity contribution >= 4 is 23.2 Å². The van der Waals surface area contributed by atoms with Crippen molar-refractivity contribution in [2.24, 2.45) is 17.3 Å². The smallest absolute Gasteiger partial charge is 0.307 e. The molecule has 0 aliphatic heterocycles. The number of halogens is 1. The average molecular weight is 461 g/mol. The van der Waals surface area contributed by atoms with E-state index in [4.69, 9.17) is 11.6 Å². The number of aryl methyl sites for hydroxylation is 2. The number of carbonyl (C=O) groups is 1. The number of hydrogen-bond acceptors (Lipinski definition) is 5. The first-order valence-electron chi connectivity index (χ1n) is 11.4. The van der Waals surface area contributed by atoms with Crippen LogP contribution < -0.4 is 5.32 Å². The Morgan fingerprint density at radius 1 is 1.31 bits per heavy atom. The summed E-state index contributed by atoms with van der Waals surface area (Å²) in [5.74, 6) is 1.24. The zero-order valence-corrected chi connectivity index (χ0v) is 19.1. The normalized spacial score (nSPS) is 30.6. The molecule has 4 fully saturated rings. The van der Waals surface area contributed by atoms with Crippen LogP contribution in [0.2, 0.25) is 5.02 Å². The molecule has 2 unspecified atom stereocenters. The van der Waals surface area contributed by atoms with Crippen LogP contribution in [0.15, 0.2) is 18.6 Å². The molecule has 172 valence electrons. The Morgan fingerprint density at radius 3 is 2.69 bits per heavy atom. The largest absolute Gasteiger partial charge is 0.356 e. The lowest BCUT2D eigenvalue weighted by Crippen LogP contribution is -2.57. The third-order valence-corrected chi connectivity index (χ3v) is 8.10. The van der Waals surface area contributed by atoms with E-state index in [2.05, 4.69) is 15.5 Å². The first kappa shape index (κ1) is 21.4. The fraction of sp³-hybridized carbons (Fsp3) is 0.682. The van der Waals surface area contributed by atoms with Gasteiger partial charge in [0.2, 0.25) is 5.91 Å². The molecule has 4 aliphatic carbocycles. The van der Waals surface area contributed by atoms with Crippen molar-refractivity contribution in [3.8, 4) is 0 Å². The Bertz CT molecular complexity index is 1010. The Hall–Kier alpha value is -2.42. The van der Waals surface area contributed by atoms with E-state index in [1.807, 2.05) is 22.5 Å². The van der Waals surface area contributed by atoms with Crippen LogP contribution in [0.4, 0.5) is 5.69 Å². The Kier molecular flexibility index (Phi) is 5.27. The van der Waals surface area contributed by atoms with Gasteiger partial charge in [0.25, 0.3) is 0 Å². The van der Waals surface area contributed by atoms with Crippen LogP contribution in [0.25, 0.3) is 0 Å². The molecular weight excluding hydrogens is 432 g/mol. The predicted molar refractivity (Wildman–Crippen MR) is 118 cm³/mol. The summed E-state index contributed by atoms with van der Waals surface area (Å²) in [4.78, 5) is 23.7. The number of nitrogens with zero attached hydrogens (tertiary/aromatic N) is 5. The van der Waals surface area contributed by atoms with Crippen LogP contribution in [0.1, 0.15) is 57.1 Å². The number of amides is 1. The highest BCUT2D eigenvalue weighted by Gasteiger charge is 2.59. The molecule has 2 atom stereocenters. The van der Waals surface area contributed by atoms with E-state index < -0.39 is 0 Å². The molecule has 0 saturated heterocycles. The zero-order valence-electron chi connectivity index (χ0n) is 18.3. The lowest BCUT2D eigenvalue weighted by Gasteiger charge is -2.61. The van der Waals surface area contributed by atoms with Crippen LogP contribution in [0.5, 0.6) is 0 Å². The first-order valence-corrected chi connectivity index (χ1v) is 11.8. The molecule has 2 aromatic heterocycles. The molecule has 4 aliphatic rings. The fourth-order valence-electron chi connectivity index (χ4n) is 7.02. The third kappa shape index (κ3) is 3.91. The first-order chi connectivity index (χ1) is 15.3. The Balaban J connectivity index is 1.21. The molecule has 2 heterocycles. The summed E-state index contributed by atoms with van der Waals surface area (Å²) in [6, 6.07) is 0. The van der Waals surface area contributed by atoms with E-state index in [1.54, 1.807) is 6.20 Å². The molecule has 4 bridgehead atoms. The average Bonchev–Trinajstić information content (AvgIpc) is 3.32. The molecule has 0 radical (unpaired) electrons. The monoisotopic (exact) mass is 460 g/mol. The quantitative estimate of drug-likeness (QED) is 0.365. The summed E-state index contributed by atoms with van der Waals surface area (Å²) in [5, 5.41) is 23.7. The summed E-state index contributed by atoms with van der Waals surface area (Å²) >= 11 is 6.04. The molecule has 0 aromatic carbocycles. The van der Waals surface area contributed by atoms with E-state index in [-0.39, 0.29) is 27.5 Å². The van der Waals surface area contributed by atoms with E-state index in [0.29, 0.717) is 36.4 Å². The van der Waals surface area contributed by atoms with Gasteiger partial charge in [-0.05, 0) is 69.1 Å². The van der Waals surface area contributed by atoms with Gasteiger partial charge >= 0.3 is 5.69 Å². The van der Waals surface area contributed by atoms with Gasteiger partial charge in [-0.1, -0.05) is 11.6 Å². The summed E-state index contributed by atoms with van der Waals surface area (Å²) in [6.45, 7) is 3.19. The second-order valence-corrected chi connectivity index (χ2v) is 10.7. The lowest BCUT2D eigenvalue weighted by molar-refractivity contribution is -0.385. The maximum Gasteiger partial charge on any atom is 0.307 e. The Morgan fingerprint density at radius 2 is 2.06 bits per heavy atom. The molecule has 1 amide bonds. The van der Waals surface area contributed by atoms with Gasteiger partial charge in [0, 0.05) is 25.7 Å². The third-order valence-electron chi connectivity index (χ3n) is 7.73. The van der Waals surface area contributed by atoms with Gasteiger partial charge < -0.3 is 5.32 Å². The molecular formula is C22H29ClN6O3. The van der Waals surface area contributed by atoms with Gasteiger partial charge in [0.05, 0.1) is 21.2 Å². The summed E-state index contributed by atoms with van der Waals surface area (Å²) in [5.41, 5.74) is 0.646. The van der Waals surface area contributed by atoms with Crippen LogP contribution in [0.3, 0.4) is 0 Å². The molecule has 10 heteroatoms. The van der Waals surface area contributed by atoms with Crippen molar-refractivity contribution in [1.82, 2.24) is 24.9 Å². The van der Waals surface area contributed by atoms with E-state index in [9.17, 15) is 14.9 Å². The van der Waals surface area contributed by atoms with Crippen LogP contribution >= 0.6 is 11.6 Å². The second kappa shape index (κ2) is 7.86. The van der Waals surface area contributed by atoms with Crippen LogP contribution in [-0.4, -0.2) is 36.9 Å². The number of hydrogen-bond donors (Lipinski definition) is 1. The molecule has 9 nitrogen and oxygen atoms in total. The molecule has 1 N–H and O–H groups in total. The minimum atomic E-state index is -0.383. The summed E-state index contributed by atoms with van der Waals surface area (Å²) < 4.78 is 3.67. The highest BCUT2D eigenvalue weighted by molar-refractivity contribution is 6.31. The van der Waals surface area contributed by atoms with Gasteiger partial charge in [-0.2, -0.15) is 10.2 Å². The Labute approximate surface area is 191 Å². The fourth-order valence-corrected chi connectivity index (χ4v) is 7.17. The van der Waals surface area contributed by atoms with Crippen molar-refractivity contribution in [2.45, 2.75) is 70.4 Å². The van der Waals surface area contributed by atoms with Gasteiger partial charge in [-0.3, -0.25) is 24.3 Å². The van der Waals surface area contributed by atoms with Crippen molar-refractivity contribution in [2.75, 3.05) is 6.54 Å². The summed E-state index contributed by atoms with van der Waals surface area (Å²) in [7, 11) is 0. The topological polar surface area (TPSA) is 108 Å². The SMILES string of the molecule is Cc1nn(CCCNC(=O)CC23CC4CC(C2)CC(n2cc([N+](=O)[O-])cn2)(C4)C3)cc1Cl. The van der Waals surface area contributed by atoms with Crippen molar-refractivity contribution in [1.29, 1.82) is 0 Å². The number of nitro groups is 1. The van der Waals surface area contributed by atoms with Gasteiger partial charge in [-0.25, -0.2) is 0 Å². The van der Waals surface area contributed by atoms with Gasteiger partial charge in [0.15, 0.2) is 0 Å². The minimum Gasteiger partial charge on any atom is -0.356 e.